The first-order valence-electron chi connectivity index (χ1n) is 20.2. The molecule has 0 aromatic carbocycles. The average Bonchev–Trinajstić information content (AvgIpc) is 3.85. The molecule has 0 amide bonds. The van der Waals surface area contributed by atoms with Gasteiger partial charge in [0.2, 0.25) is 0 Å². The van der Waals surface area contributed by atoms with Crippen LogP contribution >= 0.6 is 0 Å². The summed E-state index contributed by atoms with van der Waals surface area (Å²) in [5, 5.41) is 52.2. The van der Waals surface area contributed by atoms with Crippen LogP contribution in [0.3, 0.4) is 0 Å². The minimum Gasteiger partial charge on any atom is -0.393 e. The van der Waals surface area contributed by atoms with E-state index in [1.54, 1.807) is 0 Å². The monoisotopic (exact) mass is 694 g/mol. The van der Waals surface area contributed by atoms with Crippen LogP contribution in [0.4, 0.5) is 0 Å². The van der Waals surface area contributed by atoms with E-state index in [1.807, 2.05) is 19.1 Å². The Balaban J connectivity index is 1.16. The van der Waals surface area contributed by atoms with Crippen LogP contribution in [-0.2, 0) is 9.53 Å². The summed E-state index contributed by atoms with van der Waals surface area (Å²) in [6.07, 6.45) is 18.1. The lowest BCUT2D eigenvalue weighted by Gasteiger charge is -2.63. The van der Waals surface area contributed by atoms with Gasteiger partial charge in [0.25, 0.3) is 0 Å². The van der Waals surface area contributed by atoms with Gasteiger partial charge in [-0.15, -0.1) is 0 Å². The molecular weight excluding hydrogens is 628 g/mol. The highest BCUT2D eigenvalue weighted by atomic mass is 16.6. The van der Waals surface area contributed by atoms with E-state index in [0.717, 1.165) is 68.9 Å². The summed E-state index contributed by atoms with van der Waals surface area (Å²) < 4.78 is 6.43. The standard InChI is InChI=1S/C42H66N2O6/c1-6-17-41(48,36-35(50-36)39(5,47)37(2,3)18-12-26-16-22-44-34(43)23-26)33-15-21-42(49)30-25-32(46)31-24-28(45)13-20-40(31,27-10-8-7-9-11-27)29(30)14-19-38(33,42)4/h16,23,25,27-29,31,33,35-36,44-45,47-49H,6-15,17-22,24,43H2,1-5H3. The van der Waals surface area contributed by atoms with E-state index in [0.29, 0.717) is 44.0 Å². The molecule has 8 heteroatoms. The number of dihydropyridines is 1. The van der Waals surface area contributed by atoms with Crippen molar-refractivity contribution in [2.75, 3.05) is 6.54 Å². The Hall–Kier alpha value is -1.71. The normalized spacial score (nSPS) is 42.8. The van der Waals surface area contributed by atoms with E-state index in [1.165, 1.54) is 19.3 Å². The first-order valence-corrected chi connectivity index (χ1v) is 20.2. The molecule has 8 nitrogen and oxygen atoms in total. The van der Waals surface area contributed by atoms with Gasteiger partial charge in [0.1, 0.15) is 12.2 Å². The van der Waals surface area contributed by atoms with Gasteiger partial charge in [0.15, 0.2) is 5.78 Å². The SMILES string of the molecule is CCCC(O)(C1OC1C(C)(O)C(C)(C)CCC1=CCNC(N)=C1)C1CCC2(O)C3=CC(=O)C4CC(O)CCC4(C4CCCCC4)C3CCC12C. The molecule has 11 unspecified atom stereocenters. The molecule has 7 N–H and O–H groups in total. The Bertz CT molecular complexity index is 1430. The number of aliphatic hydroxyl groups excluding tert-OH is 1. The molecule has 5 fully saturated rings. The van der Waals surface area contributed by atoms with Gasteiger partial charge in [0.05, 0.1) is 28.7 Å². The quantitative estimate of drug-likeness (QED) is 0.153. The molecule has 4 saturated carbocycles. The molecule has 0 bridgehead atoms. The number of ketones is 1. The number of rotatable bonds is 10. The summed E-state index contributed by atoms with van der Waals surface area (Å²) in [6.45, 7) is 11.0. The molecule has 280 valence electrons. The summed E-state index contributed by atoms with van der Waals surface area (Å²) >= 11 is 0. The van der Waals surface area contributed by atoms with Gasteiger partial charge in [0, 0.05) is 17.9 Å². The second-order valence-electron chi connectivity index (χ2n) is 18.9. The van der Waals surface area contributed by atoms with Gasteiger partial charge in [-0.25, -0.2) is 0 Å². The van der Waals surface area contributed by atoms with Crippen molar-refractivity contribution in [2.24, 2.45) is 45.7 Å². The van der Waals surface area contributed by atoms with Crippen molar-refractivity contribution in [1.29, 1.82) is 0 Å². The summed E-state index contributed by atoms with van der Waals surface area (Å²) in [6, 6.07) is 0. The predicted molar refractivity (Wildman–Crippen MR) is 194 cm³/mol. The van der Waals surface area contributed by atoms with Gasteiger partial charge in [-0.3, -0.25) is 4.79 Å². The minimum atomic E-state index is -1.22. The maximum Gasteiger partial charge on any atom is 0.159 e. The van der Waals surface area contributed by atoms with E-state index in [9.17, 15) is 25.2 Å². The second-order valence-corrected chi connectivity index (χ2v) is 18.9. The van der Waals surface area contributed by atoms with Gasteiger partial charge < -0.3 is 36.2 Å². The third-order valence-electron chi connectivity index (χ3n) is 16.2. The molecule has 7 rings (SSSR count). The molecule has 7 aliphatic rings. The van der Waals surface area contributed by atoms with Gasteiger partial charge in [-0.2, -0.15) is 0 Å². The highest BCUT2D eigenvalue weighted by Crippen LogP contribution is 2.72. The van der Waals surface area contributed by atoms with Gasteiger partial charge in [-0.05, 0) is 136 Å². The maximum absolute atomic E-state index is 14.2. The fourth-order valence-electron chi connectivity index (χ4n) is 12.9. The van der Waals surface area contributed by atoms with Gasteiger partial charge in [-0.1, -0.05) is 59.5 Å². The summed E-state index contributed by atoms with van der Waals surface area (Å²) in [5.41, 5.74) is 3.15. The lowest BCUT2D eigenvalue weighted by molar-refractivity contribution is -0.168. The number of hydrogen-bond donors (Lipinski definition) is 6. The minimum absolute atomic E-state index is 0.104. The zero-order valence-corrected chi connectivity index (χ0v) is 31.5. The van der Waals surface area contributed by atoms with Crippen LogP contribution in [-0.4, -0.2) is 67.9 Å². The highest BCUT2D eigenvalue weighted by Gasteiger charge is 2.74. The van der Waals surface area contributed by atoms with E-state index in [2.05, 4.69) is 39.1 Å². The van der Waals surface area contributed by atoms with Crippen molar-refractivity contribution in [2.45, 2.75) is 172 Å². The molecule has 2 aliphatic heterocycles. The highest BCUT2D eigenvalue weighted by molar-refractivity contribution is 5.95. The smallest absolute Gasteiger partial charge is 0.159 e. The Labute approximate surface area is 300 Å². The number of hydrogen-bond acceptors (Lipinski definition) is 8. The Morgan fingerprint density at radius 2 is 1.70 bits per heavy atom. The van der Waals surface area contributed by atoms with E-state index in [-0.39, 0.29) is 29.0 Å². The summed E-state index contributed by atoms with van der Waals surface area (Å²) in [5.74, 6) is 0.929. The molecule has 0 radical (unpaired) electrons. The maximum atomic E-state index is 14.2. The van der Waals surface area contributed by atoms with Crippen molar-refractivity contribution in [3.63, 3.8) is 0 Å². The third-order valence-corrected chi connectivity index (χ3v) is 16.2. The molecule has 1 saturated heterocycles. The Morgan fingerprint density at radius 1 is 0.960 bits per heavy atom. The molecule has 0 aromatic heterocycles. The number of fused-ring (bicyclic) bond motifs is 5. The fourth-order valence-corrected chi connectivity index (χ4v) is 12.9. The van der Waals surface area contributed by atoms with E-state index >= 15 is 0 Å². The van der Waals surface area contributed by atoms with Crippen molar-refractivity contribution in [1.82, 2.24) is 5.32 Å². The van der Waals surface area contributed by atoms with Crippen molar-refractivity contribution < 1.29 is 30.0 Å². The first-order chi connectivity index (χ1) is 23.5. The molecular formula is C42H66N2O6. The number of carbonyl (C=O) groups is 1. The lowest BCUT2D eigenvalue weighted by atomic mass is 9.41. The second kappa shape index (κ2) is 12.7. The molecule has 0 spiro atoms. The zero-order valence-electron chi connectivity index (χ0n) is 31.5. The number of ether oxygens (including phenoxy) is 1. The van der Waals surface area contributed by atoms with Crippen LogP contribution in [0.2, 0.25) is 0 Å². The van der Waals surface area contributed by atoms with Crippen LogP contribution in [0.25, 0.3) is 0 Å². The number of allylic oxidation sites excluding steroid dienone is 3. The largest absolute Gasteiger partial charge is 0.393 e. The van der Waals surface area contributed by atoms with E-state index < -0.39 is 45.9 Å². The van der Waals surface area contributed by atoms with Crippen molar-refractivity contribution >= 4 is 5.78 Å². The number of aliphatic hydroxyl groups is 4. The predicted octanol–water partition coefficient (Wildman–Crippen LogP) is 5.97. The molecule has 5 aliphatic carbocycles. The van der Waals surface area contributed by atoms with E-state index in [4.69, 9.17) is 10.5 Å². The number of nitrogens with two attached hydrogens (primary N) is 1. The van der Waals surface area contributed by atoms with Crippen LogP contribution in [0.5, 0.6) is 0 Å². The fraction of sp³-hybridized carbons (Fsp3) is 0.833. The van der Waals surface area contributed by atoms with Gasteiger partial charge >= 0.3 is 0 Å². The Kier molecular flexibility index (Phi) is 9.31. The van der Waals surface area contributed by atoms with Crippen LogP contribution in [0.15, 0.2) is 35.2 Å². The molecule has 2 heterocycles. The molecule has 0 aromatic rings. The van der Waals surface area contributed by atoms with Crippen LogP contribution < -0.4 is 11.1 Å². The van der Waals surface area contributed by atoms with Crippen LogP contribution in [0.1, 0.15) is 137 Å². The number of epoxide rings is 1. The third kappa shape index (κ3) is 5.43. The zero-order chi connectivity index (χ0) is 35.9. The van der Waals surface area contributed by atoms with Crippen LogP contribution in [0, 0.1) is 39.9 Å². The number of nitrogens with one attached hydrogen (secondary N) is 1. The summed E-state index contributed by atoms with van der Waals surface area (Å²) in [4.78, 5) is 14.2. The average molecular weight is 695 g/mol. The Morgan fingerprint density at radius 3 is 2.40 bits per heavy atom. The molecule has 50 heavy (non-hydrogen) atoms. The molecule has 11 atom stereocenters. The van der Waals surface area contributed by atoms with Crippen molar-refractivity contribution in [3.8, 4) is 0 Å². The first kappa shape index (κ1) is 36.6. The van der Waals surface area contributed by atoms with Crippen molar-refractivity contribution in [3.05, 3.63) is 35.2 Å². The number of carbonyl (C=O) groups excluding carboxylic acids is 1. The lowest BCUT2D eigenvalue weighted by Crippen LogP contribution is -2.63. The summed E-state index contributed by atoms with van der Waals surface area (Å²) in [7, 11) is 0. The topological polar surface area (TPSA) is 149 Å².